The molecule has 1 aliphatic heterocycles. The molecule has 0 saturated carbocycles. The standard InChI is InChI=1S/C19H19BrN2O3S/c1-13-9-15(20)7-8-16(13)21-18(23)17-11-26-12-22(17)19(24)25-10-14-5-3-2-4-6-14/h2-9,17H,10-12H2,1H3,(H,21,23)/t17-/m1/s1. The fourth-order valence-electron chi connectivity index (χ4n) is 2.63. The van der Waals surface area contributed by atoms with Gasteiger partial charge in [-0.1, -0.05) is 46.3 Å². The number of carbonyl (C=O) groups is 2. The molecular formula is C19H19BrN2O3S. The van der Waals surface area contributed by atoms with Gasteiger partial charge in [0.1, 0.15) is 12.6 Å². The maximum absolute atomic E-state index is 12.7. The number of amides is 2. The molecule has 1 aliphatic rings. The number of hydrogen-bond acceptors (Lipinski definition) is 4. The smallest absolute Gasteiger partial charge is 0.411 e. The Morgan fingerprint density at radius 1 is 1.27 bits per heavy atom. The van der Waals surface area contributed by atoms with Gasteiger partial charge in [-0.05, 0) is 36.2 Å². The van der Waals surface area contributed by atoms with Crippen LogP contribution in [0.15, 0.2) is 53.0 Å². The number of thioether (sulfide) groups is 1. The molecule has 1 saturated heterocycles. The average molecular weight is 435 g/mol. The van der Waals surface area contributed by atoms with E-state index in [0.717, 1.165) is 21.3 Å². The highest BCUT2D eigenvalue weighted by molar-refractivity contribution is 9.10. The van der Waals surface area contributed by atoms with E-state index in [4.69, 9.17) is 4.74 Å². The lowest BCUT2D eigenvalue weighted by atomic mass is 10.2. The minimum Gasteiger partial charge on any atom is -0.445 e. The lowest BCUT2D eigenvalue weighted by Crippen LogP contribution is -2.44. The summed E-state index contributed by atoms with van der Waals surface area (Å²) in [5.74, 6) is 0.810. The van der Waals surface area contributed by atoms with Crippen LogP contribution in [0.4, 0.5) is 10.5 Å². The van der Waals surface area contributed by atoms with Crippen LogP contribution in [0.3, 0.4) is 0 Å². The third-order valence-corrected chi connectivity index (χ3v) is 5.58. The molecule has 0 aliphatic carbocycles. The number of anilines is 1. The van der Waals surface area contributed by atoms with Crippen LogP contribution in [0.2, 0.25) is 0 Å². The quantitative estimate of drug-likeness (QED) is 0.773. The highest BCUT2D eigenvalue weighted by Gasteiger charge is 2.35. The van der Waals surface area contributed by atoms with E-state index in [1.54, 1.807) is 11.8 Å². The van der Waals surface area contributed by atoms with E-state index in [1.807, 2.05) is 55.5 Å². The Morgan fingerprint density at radius 3 is 2.77 bits per heavy atom. The Hall–Kier alpha value is -1.99. The van der Waals surface area contributed by atoms with Gasteiger partial charge >= 0.3 is 6.09 Å². The molecule has 136 valence electrons. The monoisotopic (exact) mass is 434 g/mol. The Kier molecular flexibility index (Phi) is 6.21. The first-order valence-electron chi connectivity index (χ1n) is 8.16. The third kappa shape index (κ3) is 4.59. The number of hydrogen-bond donors (Lipinski definition) is 1. The lowest BCUT2D eigenvalue weighted by Gasteiger charge is -2.23. The molecule has 3 rings (SSSR count). The first-order valence-corrected chi connectivity index (χ1v) is 10.1. The zero-order chi connectivity index (χ0) is 18.5. The van der Waals surface area contributed by atoms with Crippen molar-refractivity contribution in [1.29, 1.82) is 0 Å². The Bertz CT molecular complexity index is 801. The predicted octanol–water partition coefficient (Wildman–Crippen LogP) is 4.41. The first kappa shape index (κ1) is 18.8. The Morgan fingerprint density at radius 2 is 2.04 bits per heavy atom. The lowest BCUT2D eigenvalue weighted by molar-refractivity contribution is -0.119. The second-order valence-corrected chi connectivity index (χ2v) is 7.89. The van der Waals surface area contributed by atoms with Crippen molar-refractivity contribution in [2.24, 2.45) is 0 Å². The van der Waals surface area contributed by atoms with Crippen molar-refractivity contribution in [3.63, 3.8) is 0 Å². The van der Waals surface area contributed by atoms with E-state index in [9.17, 15) is 9.59 Å². The molecule has 26 heavy (non-hydrogen) atoms. The van der Waals surface area contributed by atoms with E-state index in [2.05, 4.69) is 21.2 Å². The van der Waals surface area contributed by atoms with E-state index < -0.39 is 12.1 Å². The van der Waals surface area contributed by atoms with Crippen LogP contribution in [-0.4, -0.2) is 34.6 Å². The van der Waals surface area contributed by atoms with Crippen LogP contribution in [0.5, 0.6) is 0 Å². The second kappa shape index (κ2) is 8.60. The van der Waals surface area contributed by atoms with Gasteiger partial charge in [-0.15, -0.1) is 11.8 Å². The molecule has 1 N–H and O–H groups in total. The van der Waals surface area contributed by atoms with Crippen molar-refractivity contribution in [3.05, 3.63) is 64.1 Å². The summed E-state index contributed by atoms with van der Waals surface area (Å²) in [7, 11) is 0. The van der Waals surface area contributed by atoms with Crippen LogP contribution in [0.25, 0.3) is 0 Å². The summed E-state index contributed by atoms with van der Waals surface area (Å²) in [6.07, 6.45) is -0.466. The van der Waals surface area contributed by atoms with Gasteiger partial charge in [-0.2, -0.15) is 0 Å². The number of halogens is 1. The molecule has 1 atom stereocenters. The number of nitrogens with one attached hydrogen (secondary N) is 1. The molecule has 0 bridgehead atoms. The minimum absolute atomic E-state index is 0.195. The van der Waals surface area contributed by atoms with Crippen molar-refractivity contribution in [1.82, 2.24) is 4.90 Å². The van der Waals surface area contributed by atoms with Crippen LogP contribution >= 0.6 is 27.7 Å². The van der Waals surface area contributed by atoms with Gasteiger partial charge in [0.15, 0.2) is 0 Å². The van der Waals surface area contributed by atoms with Crippen molar-refractivity contribution < 1.29 is 14.3 Å². The third-order valence-electron chi connectivity index (χ3n) is 4.07. The van der Waals surface area contributed by atoms with Crippen molar-refractivity contribution in [2.45, 2.75) is 19.6 Å². The topological polar surface area (TPSA) is 58.6 Å². The Labute approximate surface area is 165 Å². The molecule has 7 heteroatoms. The fraction of sp³-hybridized carbons (Fsp3) is 0.263. The van der Waals surface area contributed by atoms with Gasteiger partial charge in [0.2, 0.25) is 5.91 Å². The van der Waals surface area contributed by atoms with Crippen molar-refractivity contribution in [2.75, 3.05) is 16.9 Å². The van der Waals surface area contributed by atoms with Crippen LogP contribution < -0.4 is 5.32 Å². The van der Waals surface area contributed by atoms with E-state index in [-0.39, 0.29) is 12.5 Å². The predicted molar refractivity (Wildman–Crippen MR) is 107 cm³/mol. The van der Waals surface area contributed by atoms with Crippen LogP contribution in [-0.2, 0) is 16.1 Å². The largest absolute Gasteiger partial charge is 0.445 e. The first-order chi connectivity index (χ1) is 12.5. The summed E-state index contributed by atoms with van der Waals surface area (Å²) < 4.78 is 6.32. The zero-order valence-corrected chi connectivity index (χ0v) is 16.7. The molecule has 2 aromatic carbocycles. The maximum atomic E-state index is 12.7. The minimum atomic E-state index is -0.536. The normalized spacial score (nSPS) is 16.4. The summed E-state index contributed by atoms with van der Waals surface area (Å²) >= 11 is 4.95. The second-order valence-electron chi connectivity index (χ2n) is 5.97. The Balaban J connectivity index is 1.61. The summed E-state index contributed by atoms with van der Waals surface area (Å²) in [6, 6.07) is 14.6. The molecule has 5 nitrogen and oxygen atoms in total. The summed E-state index contributed by atoms with van der Waals surface area (Å²) in [6.45, 7) is 2.12. The molecular weight excluding hydrogens is 416 g/mol. The van der Waals surface area contributed by atoms with E-state index in [1.165, 1.54) is 4.90 Å². The number of ether oxygens (including phenoxy) is 1. The average Bonchev–Trinajstić information content (AvgIpc) is 3.13. The van der Waals surface area contributed by atoms with E-state index >= 15 is 0 Å². The molecule has 0 radical (unpaired) electrons. The van der Waals surface area contributed by atoms with Crippen molar-refractivity contribution >= 4 is 45.4 Å². The highest BCUT2D eigenvalue weighted by Crippen LogP contribution is 2.25. The number of aryl methyl sites for hydroxylation is 1. The van der Waals surface area contributed by atoms with Gasteiger partial charge < -0.3 is 10.1 Å². The van der Waals surface area contributed by atoms with Gasteiger partial charge in [0, 0.05) is 15.9 Å². The summed E-state index contributed by atoms with van der Waals surface area (Å²) in [5.41, 5.74) is 2.61. The molecule has 0 unspecified atom stereocenters. The maximum Gasteiger partial charge on any atom is 0.411 e. The molecule has 1 fully saturated rings. The summed E-state index contributed by atoms with van der Waals surface area (Å²) in [4.78, 5) is 26.5. The highest BCUT2D eigenvalue weighted by atomic mass is 79.9. The number of rotatable bonds is 4. The SMILES string of the molecule is Cc1cc(Br)ccc1NC(=O)[C@H]1CSCN1C(=O)OCc1ccccc1. The summed E-state index contributed by atoms with van der Waals surface area (Å²) in [5, 5.41) is 2.92. The van der Waals surface area contributed by atoms with Gasteiger partial charge in [-0.25, -0.2) is 4.79 Å². The molecule has 1 heterocycles. The number of carbonyl (C=O) groups excluding carboxylic acids is 2. The van der Waals surface area contributed by atoms with Gasteiger partial charge in [-0.3, -0.25) is 9.69 Å². The van der Waals surface area contributed by atoms with Crippen molar-refractivity contribution in [3.8, 4) is 0 Å². The van der Waals surface area contributed by atoms with Crippen LogP contribution in [0.1, 0.15) is 11.1 Å². The fourth-order valence-corrected chi connectivity index (χ4v) is 4.24. The molecule has 0 spiro atoms. The van der Waals surface area contributed by atoms with E-state index in [0.29, 0.717) is 11.6 Å². The molecule has 0 aromatic heterocycles. The molecule has 2 amide bonds. The number of nitrogens with zero attached hydrogens (tertiary/aromatic N) is 1. The van der Waals surface area contributed by atoms with Gasteiger partial charge in [0.25, 0.3) is 0 Å². The zero-order valence-electron chi connectivity index (χ0n) is 14.3. The number of benzene rings is 2. The molecule has 2 aromatic rings. The van der Waals surface area contributed by atoms with Gasteiger partial charge in [0.05, 0.1) is 5.88 Å². The van der Waals surface area contributed by atoms with Crippen LogP contribution in [0, 0.1) is 6.92 Å².